The van der Waals surface area contributed by atoms with E-state index in [1.807, 2.05) is 6.07 Å². The molecule has 0 aliphatic carbocycles. The van der Waals surface area contributed by atoms with Crippen molar-refractivity contribution in [1.82, 2.24) is 20.3 Å². The number of carboxylic acids is 1. The van der Waals surface area contributed by atoms with E-state index in [0.717, 1.165) is 0 Å². The largest absolute Gasteiger partial charge is 0.476 e. The minimum Gasteiger partial charge on any atom is -0.476 e. The van der Waals surface area contributed by atoms with E-state index in [-0.39, 0.29) is 12.2 Å². The first kappa shape index (κ1) is 13.5. The number of carbonyl (C=O) groups is 2. The van der Waals surface area contributed by atoms with E-state index in [4.69, 9.17) is 9.84 Å². The van der Waals surface area contributed by atoms with Gasteiger partial charge in [-0.3, -0.25) is 0 Å². The number of nitrogens with zero attached hydrogens (tertiary/aromatic N) is 3. The standard InChI is InChI=1S/C12H12N4O4/c17-11(18)10-8-16(15-14-10)7-6-13-12(19)20-9-4-2-1-3-5-9/h1-5,8H,6-7H2,(H,13,19)(H,17,18). The fourth-order valence-corrected chi connectivity index (χ4v) is 1.41. The van der Waals surface area contributed by atoms with Crippen molar-refractivity contribution in [3.05, 3.63) is 42.2 Å². The van der Waals surface area contributed by atoms with Crippen molar-refractivity contribution < 1.29 is 19.4 Å². The van der Waals surface area contributed by atoms with Crippen LogP contribution in [0.1, 0.15) is 10.5 Å². The van der Waals surface area contributed by atoms with Gasteiger partial charge in [0.2, 0.25) is 0 Å². The maximum absolute atomic E-state index is 11.4. The molecular formula is C12H12N4O4. The van der Waals surface area contributed by atoms with Gasteiger partial charge in [-0.05, 0) is 12.1 Å². The van der Waals surface area contributed by atoms with Gasteiger partial charge in [-0.25, -0.2) is 14.3 Å². The van der Waals surface area contributed by atoms with Gasteiger partial charge in [0.15, 0.2) is 5.69 Å². The van der Waals surface area contributed by atoms with E-state index in [0.29, 0.717) is 12.3 Å². The second kappa shape index (κ2) is 6.32. The number of carbonyl (C=O) groups excluding carboxylic acids is 1. The number of rotatable bonds is 5. The molecule has 0 fully saturated rings. The Hall–Kier alpha value is -2.90. The molecule has 8 heteroatoms. The molecule has 2 aromatic rings. The van der Waals surface area contributed by atoms with Crippen molar-refractivity contribution in [1.29, 1.82) is 0 Å². The Balaban J connectivity index is 1.75. The Kier molecular flexibility index (Phi) is 4.28. The van der Waals surface area contributed by atoms with Crippen molar-refractivity contribution in [2.45, 2.75) is 6.54 Å². The van der Waals surface area contributed by atoms with Crippen LogP contribution in [0.2, 0.25) is 0 Å². The molecule has 0 aliphatic rings. The number of benzene rings is 1. The molecular weight excluding hydrogens is 264 g/mol. The predicted molar refractivity (Wildman–Crippen MR) is 67.5 cm³/mol. The number of nitrogens with one attached hydrogen (secondary N) is 1. The SMILES string of the molecule is O=C(NCCn1cc(C(=O)O)nn1)Oc1ccccc1. The van der Waals surface area contributed by atoms with Gasteiger partial charge in [0.05, 0.1) is 12.7 Å². The number of aromatic carboxylic acids is 1. The Morgan fingerprint density at radius 1 is 1.30 bits per heavy atom. The molecule has 2 N–H and O–H groups in total. The van der Waals surface area contributed by atoms with Crippen molar-refractivity contribution in [3.8, 4) is 5.75 Å². The summed E-state index contributed by atoms with van der Waals surface area (Å²) in [7, 11) is 0. The van der Waals surface area contributed by atoms with Gasteiger partial charge < -0.3 is 15.2 Å². The van der Waals surface area contributed by atoms with Crippen molar-refractivity contribution in [2.75, 3.05) is 6.54 Å². The van der Waals surface area contributed by atoms with Gasteiger partial charge in [-0.2, -0.15) is 0 Å². The highest BCUT2D eigenvalue weighted by atomic mass is 16.6. The summed E-state index contributed by atoms with van der Waals surface area (Å²) in [5.74, 6) is -0.702. The summed E-state index contributed by atoms with van der Waals surface area (Å²) in [6, 6.07) is 8.65. The van der Waals surface area contributed by atoms with E-state index < -0.39 is 12.1 Å². The van der Waals surface area contributed by atoms with Crippen LogP contribution in [-0.2, 0) is 6.54 Å². The molecule has 1 aromatic heterocycles. The Bertz CT molecular complexity index is 597. The van der Waals surface area contributed by atoms with Crippen LogP contribution in [0.15, 0.2) is 36.5 Å². The number of carboxylic acid groups (broad SMARTS) is 1. The fourth-order valence-electron chi connectivity index (χ4n) is 1.41. The van der Waals surface area contributed by atoms with Gasteiger partial charge in [-0.15, -0.1) is 5.10 Å². The number of para-hydroxylation sites is 1. The average molecular weight is 276 g/mol. The third-order valence-electron chi connectivity index (χ3n) is 2.32. The van der Waals surface area contributed by atoms with Crippen LogP contribution in [0.25, 0.3) is 0 Å². The van der Waals surface area contributed by atoms with Crippen LogP contribution in [0.4, 0.5) is 4.79 Å². The summed E-state index contributed by atoms with van der Waals surface area (Å²) in [6.07, 6.45) is 0.696. The third-order valence-corrected chi connectivity index (χ3v) is 2.32. The first-order valence-electron chi connectivity index (χ1n) is 5.79. The van der Waals surface area contributed by atoms with E-state index in [1.165, 1.54) is 10.9 Å². The molecule has 20 heavy (non-hydrogen) atoms. The summed E-state index contributed by atoms with van der Waals surface area (Å²) in [5.41, 5.74) is -0.142. The zero-order valence-electron chi connectivity index (χ0n) is 10.4. The average Bonchev–Trinajstić information content (AvgIpc) is 2.89. The van der Waals surface area contributed by atoms with Gasteiger partial charge in [0, 0.05) is 6.54 Å². The molecule has 0 saturated carbocycles. The van der Waals surface area contributed by atoms with Crippen LogP contribution in [0, 0.1) is 0 Å². The lowest BCUT2D eigenvalue weighted by Gasteiger charge is -2.06. The zero-order chi connectivity index (χ0) is 14.4. The number of ether oxygens (including phenoxy) is 1. The molecule has 2 rings (SSSR count). The van der Waals surface area contributed by atoms with E-state index in [1.54, 1.807) is 24.3 Å². The van der Waals surface area contributed by atoms with E-state index in [2.05, 4.69) is 15.6 Å². The molecule has 0 saturated heterocycles. The lowest BCUT2D eigenvalue weighted by molar-refractivity contribution is 0.0690. The molecule has 0 spiro atoms. The van der Waals surface area contributed by atoms with Crippen LogP contribution in [0.5, 0.6) is 5.75 Å². The summed E-state index contributed by atoms with van der Waals surface area (Å²) < 4.78 is 6.33. The molecule has 8 nitrogen and oxygen atoms in total. The number of amides is 1. The Labute approximate surface area is 114 Å². The molecule has 0 bridgehead atoms. The van der Waals surface area contributed by atoms with Gasteiger partial charge in [0.25, 0.3) is 0 Å². The highest BCUT2D eigenvalue weighted by Gasteiger charge is 2.08. The fraction of sp³-hybridized carbons (Fsp3) is 0.167. The normalized spacial score (nSPS) is 10.0. The highest BCUT2D eigenvalue weighted by molar-refractivity contribution is 5.84. The second-order valence-corrected chi connectivity index (χ2v) is 3.80. The topological polar surface area (TPSA) is 106 Å². The van der Waals surface area contributed by atoms with Gasteiger partial charge >= 0.3 is 12.1 Å². The lowest BCUT2D eigenvalue weighted by Crippen LogP contribution is -2.30. The lowest BCUT2D eigenvalue weighted by atomic mass is 10.3. The molecule has 0 unspecified atom stereocenters. The molecule has 0 atom stereocenters. The Morgan fingerprint density at radius 2 is 2.05 bits per heavy atom. The minimum atomic E-state index is -1.15. The van der Waals surface area contributed by atoms with Crippen LogP contribution in [0.3, 0.4) is 0 Å². The number of hydrogen-bond acceptors (Lipinski definition) is 5. The maximum atomic E-state index is 11.4. The summed E-state index contributed by atoms with van der Waals surface area (Å²) in [6.45, 7) is 0.540. The molecule has 104 valence electrons. The van der Waals surface area contributed by atoms with Gasteiger partial charge in [-0.1, -0.05) is 23.4 Å². The monoisotopic (exact) mass is 276 g/mol. The predicted octanol–water partition coefficient (Wildman–Crippen LogP) is 0.765. The number of aromatic nitrogens is 3. The molecule has 0 radical (unpaired) electrons. The Morgan fingerprint density at radius 3 is 2.70 bits per heavy atom. The van der Waals surface area contributed by atoms with E-state index in [9.17, 15) is 9.59 Å². The van der Waals surface area contributed by atoms with Crippen molar-refractivity contribution in [2.24, 2.45) is 0 Å². The van der Waals surface area contributed by atoms with Crippen molar-refractivity contribution in [3.63, 3.8) is 0 Å². The maximum Gasteiger partial charge on any atom is 0.412 e. The number of hydrogen-bond donors (Lipinski definition) is 2. The summed E-state index contributed by atoms with van der Waals surface area (Å²) >= 11 is 0. The summed E-state index contributed by atoms with van der Waals surface area (Å²) in [5, 5.41) is 18.3. The molecule has 1 heterocycles. The zero-order valence-corrected chi connectivity index (χ0v) is 10.4. The van der Waals surface area contributed by atoms with Crippen LogP contribution in [-0.4, -0.2) is 38.7 Å². The van der Waals surface area contributed by atoms with Crippen LogP contribution < -0.4 is 10.1 Å². The molecule has 1 amide bonds. The molecule has 1 aromatic carbocycles. The van der Waals surface area contributed by atoms with Crippen LogP contribution >= 0.6 is 0 Å². The highest BCUT2D eigenvalue weighted by Crippen LogP contribution is 2.07. The smallest absolute Gasteiger partial charge is 0.412 e. The molecule has 0 aliphatic heterocycles. The third kappa shape index (κ3) is 3.80. The second-order valence-electron chi connectivity index (χ2n) is 3.80. The summed E-state index contributed by atoms with van der Waals surface area (Å²) in [4.78, 5) is 22.0. The first-order valence-corrected chi connectivity index (χ1v) is 5.79. The van der Waals surface area contributed by atoms with Crippen molar-refractivity contribution >= 4 is 12.1 Å². The minimum absolute atomic E-state index is 0.142. The van der Waals surface area contributed by atoms with E-state index >= 15 is 0 Å². The quantitative estimate of drug-likeness (QED) is 0.835. The van der Waals surface area contributed by atoms with Gasteiger partial charge in [0.1, 0.15) is 5.75 Å². The first-order chi connectivity index (χ1) is 9.65.